The number of benzene rings is 1. The molecular weight excluding hydrogens is 196 g/mol. The summed E-state index contributed by atoms with van der Waals surface area (Å²) in [6.45, 7) is 11.9. The molecule has 1 aromatic rings. The molecule has 0 saturated heterocycles. The summed E-state index contributed by atoms with van der Waals surface area (Å²) >= 11 is 0. The highest BCUT2D eigenvalue weighted by Gasteiger charge is 2.49. The Hall–Kier alpha value is -0.563. The smallest absolute Gasteiger partial charge is 0 e. The summed E-state index contributed by atoms with van der Waals surface area (Å²) in [5, 5.41) is 0. The lowest BCUT2D eigenvalue weighted by Gasteiger charge is -2.38. The van der Waals surface area contributed by atoms with E-state index in [0.29, 0.717) is 16.7 Å². The highest BCUT2D eigenvalue weighted by Crippen LogP contribution is 2.57. The van der Waals surface area contributed by atoms with E-state index >= 15 is 0 Å². The Bertz CT molecular complexity index is 363. The van der Waals surface area contributed by atoms with Gasteiger partial charge >= 0.3 is 0 Å². The van der Waals surface area contributed by atoms with Crippen molar-refractivity contribution in [2.45, 2.75) is 46.0 Å². The Kier molecular flexibility index (Phi) is 2.90. The second-order valence-electron chi connectivity index (χ2n) is 5.66. The van der Waals surface area contributed by atoms with Crippen LogP contribution in [0.5, 0.6) is 0 Å². The van der Waals surface area contributed by atoms with Gasteiger partial charge in [-0.05, 0) is 27.9 Å². The molecule has 2 rings (SSSR count). The van der Waals surface area contributed by atoms with Crippen LogP contribution in [0.3, 0.4) is 0 Å². The van der Waals surface area contributed by atoms with Crippen LogP contribution in [-0.4, -0.2) is 11.0 Å². The van der Waals surface area contributed by atoms with E-state index < -0.39 is 0 Å². The Morgan fingerprint density at radius 1 is 1.00 bits per heavy atom. The Morgan fingerprint density at radius 2 is 1.53 bits per heavy atom. The first-order valence-electron chi connectivity index (χ1n) is 5.48. The number of rotatable bonds is 0. The van der Waals surface area contributed by atoms with Crippen LogP contribution >= 0.6 is 0 Å². The minimum Gasteiger partial charge on any atom is -0.0620 e. The van der Waals surface area contributed by atoms with Gasteiger partial charge in [-0.25, -0.2) is 0 Å². The molecule has 0 bridgehead atoms. The van der Waals surface area contributed by atoms with Gasteiger partial charge < -0.3 is 0 Å². The third kappa shape index (κ3) is 1.40. The van der Waals surface area contributed by atoms with Crippen LogP contribution in [0.25, 0.3) is 0 Å². The largest absolute Gasteiger partial charge is 0.0620 e. The van der Waals surface area contributed by atoms with Crippen molar-refractivity contribution in [3.05, 3.63) is 35.4 Å². The van der Waals surface area contributed by atoms with Gasteiger partial charge in [0, 0.05) is 11.0 Å². The van der Waals surface area contributed by atoms with Gasteiger partial charge in [0.25, 0.3) is 0 Å². The fourth-order valence-corrected chi connectivity index (χ4v) is 2.72. The lowest BCUT2D eigenvalue weighted by atomic mass is 9.65. The van der Waals surface area contributed by atoms with Crippen LogP contribution in [0.4, 0.5) is 0 Å². The van der Waals surface area contributed by atoms with Crippen LogP contribution in [0.1, 0.15) is 51.7 Å². The van der Waals surface area contributed by atoms with Crippen molar-refractivity contribution in [3.63, 3.8) is 0 Å². The summed E-state index contributed by atoms with van der Waals surface area (Å²) in [6.07, 6.45) is 0. The highest BCUT2D eigenvalue weighted by atomic mass is 28.1. The fourth-order valence-electron chi connectivity index (χ4n) is 2.72. The molecular formula is C14H20Si. The maximum atomic E-state index is 2.39. The summed E-state index contributed by atoms with van der Waals surface area (Å²) in [4.78, 5) is 0. The van der Waals surface area contributed by atoms with E-state index in [2.05, 4.69) is 58.9 Å². The van der Waals surface area contributed by atoms with E-state index in [1.807, 2.05) is 0 Å². The summed E-state index contributed by atoms with van der Waals surface area (Å²) in [5.74, 6) is 0.661. The first-order valence-corrected chi connectivity index (χ1v) is 5.48. The SMILES string of the molecule is CC1c2ccccc2C(C)(C)C1(C)C.[Si]. The highest BCUT2D eigenvalue weighted by molar-refractivity contribution is 5.75. The van der Waals surface area contributed by atoms with Gasteiger partial charge in [-0.3, -0.25) is 0 Å². The minimum atomic E-state index is 0. The summed E-state index contributed by atoms with van der Waals surface area (Å²) in [6, 6.07) is 8.90. The average molecular weight is 216 g/mol. The van der Waals surface area contributed by atoms with Crippen LogP contribution in [-0.2, 0) is 5.41 Å². The predicted molar refractivity (Wildman–Crippen MR) is 67.4 cm³/mol. The van der Waals surface area contributed by atoms with Gasteiger partial charge in [-0.1, -0.05) is 58.9 Å². The number of hydrogen-bond acceptors (Lipinski definition) is 0. The first-order chi connectivity index (χ1) is 6.39. The molecule has 0 nitrogen and oxygen atoms in total. The molecule has 1 heteroatoms. The molecule has 1 aliphatic carbocycles. The second kappa shape index (κ2) is 3.48. The molecule has 1 atom stereocenters. The molecule has 0 saturated carbocycles. The molecule has 80 valence electrons. The molecule has 0 aliphatic heterocycles. The minimum absolute atomic E-state index is 0. The van der Waals surface area contributed by atoms with Crippen molar-refractivity contribution >= 4 is 11.0 Å². The standard InChI is InChI=1S/C14H20.Si/c1-10-11-8-6-7-9-12(11)14(4,5)13(10,2)3;/h6-10H,1-5H3;. The van der Waals surface area contributed by atoms with E-state index in [0.717, 1.165) is 0 Å². The maximum Gasteiger partial charge on any atom is 0 e. The van der Waals surface area contributed by atoms with Gasteiger partial charge in [-0.2, -0.15) is 0 Å². The molecule has 1 aromatic carbocycles. The molecule has 0 heterocycles. The van der Waals surface area contributed by atoms with Gasteiger partial charge in [0.15, 0.2) is 0 Å². The van der Waals surface area contributed by atoms with Crippen LogP contribution < -0.4 is 0 Å². The van der Waals surface area contributed by atoms with E-state index in [1.54, 1.807) is 5.56 Å². The molecule has 0 spiro atoms. The van der Waals surface area contributed by atoms with E-state index in [-0.39, 0.29) is 11.0 Å². The zero-order chi connectivity index (χ0) is 10.6. The summed E-state index contributed by atoms with van der Waals surface area (Å²) in [7, 11) is 0. The molecule has 0 fully saturated rings. The van der Waals surface area contributed by atoms with Crippen molar-refractivity contribution in [3.8, 4) is 0 Å². The molecule has 15 heavy (non-hydrogen) atoms. The van der Waals surface area contributed by atoms with E-state index in [4.69, 9.17) is 0 Å². The molecule has 1 unspecified atom stereocenters. The van der Waals surface area contributed by atoms with Gasteiger partial charge in [0.05, 0.1) is 0 Å². The van der Waals surface area contributed by atoms with Crippen molar-refractivity contribution in [1.82, 2.24) is 0 Å². The topological polar surface area (TPSA) is 0 Å². The van der Waals surface area contributed by atoms with Gasteiger partial charge in [0.2, 0.25) is 0 Å². The third-order valence-electron chi connectivity index (χ3n) is 4.79. The summed E-state index contributed by atoms with van der Waals surface area (Å²) < 4.78 is 0. The zero-order valence-corrected chi connectivity index (χ0v) is 11.4. The lowest BCUT2D eigenvalue weighted by molar-refractivity contribution is 0.190. The van der Waals surface area contributed by atoms with E-state index in [9.17, 15) is 0 Å². The lowest BCUT2D eigenvalue weighted by Crippen LogP contribution is -2.33. The first kappa shape index (κ1) is 12.5. The number of hydrogen-bond donors (Lipinski definition) is 0. The molecule has 1 aliphatic rings. The fraction of sp³-hybridized carbons (Fsp3) is 0.571. The van der Waals surface area contributed by atoms with Crippen molar-refractivity contribution in [1.29, 1.82) is 0 Å². The van der Waals surface area contributed by atoms with Crippen molar-refractivity contribution < 1.29 is 0 Å². The molecule has 0 amide bonds. The zero-order valence-electron chi connectivity index (χ0n) is 10.4. The molecule has 0 N–H and O–H groups in total. The van der Waals surface area contributed by atoms with Gasteiger partial charge in [0.1, 0.15) is 0 Å². The Morgan fingerprint density at radius 3 is 2.07 bits per heavy atom. The molecule has 4 radical (unpaired) electrons. The number of fused-ring (bicyclic) bond motifs is 1. The maximum absolute atomic E-state index is 2.39. The normalized spacial score (nSPS) is 25.5. The van der Waals surface area contributed by atoms with Crippen molar-refractivity contribution in [2.24, 2.45) is 5.41 Å². The van der Waals surface area contributed by atoms with Crippen molar-refractivity contribution in [2.75, 3.05) is 0 Å². The monoisotopic (exact) mass is 216 g/mol. The third-order valence-corrected chi connectivity index (χ3v) is 4.79. The van der Waals surface area contributed by atoms with Crippen LogP contribution in [0.2, 0.25) is 0 Å². The van der Waals surface area contributed by atoms with Crippen LogP contribution in [0, 0.1) is 5.41 Å². The molecule has 0 aromatic heterocycles. The Balaban J connectivity index is 0.00000112. The van der Waals surface area contributed by atoms with Gasteiger partial charge in [-0.15, -0.1) is 0 Å². The quantitative estimate of drug-likeness (QED) is 0.580. The predicted octanol–water partition coefficient (Wildman–Crippen LogP) is 3.73. The summed E-state index contributed by atoms with van der Waals surface area (Å²) in [5.41, 5.74) is 3.74. The Labute approximate surface area is 98.1 Å². The van der Waals surface area contributed by atoms with E-state index in [1.165, 1.54) is 5.56 Å². The average Bonchev–Trinajstić information content (AvgIpc) is 2.27. The van der Waals surface area contributed by atoms with Crippen LogP contribution in [0.15, 0.2) is 24.3 Å². The second-order valence-corrected chi connectivity index (χ2v) is 5.66.